The van der Waals surface area contributed by atoms with Crippen molar-refractivity contribution in [2.75, 3.05) is 13.1 Å². The summed E-state index contributed by atoms with van der Waals surface area (Å²) >= 11 is 0. The van der Waals surface area contributed by atoms with Crippen molar-refractivity contribution in [3.63, 3.8) is 0 Å². The molecule has 0 radical (unpaired) electrons. The summed E-state index contributed by atoms with van der Waals surface area (Å²) in [5.41, 5.74) is 3.60. The van der Waals surface area contributed by atoms with E-state index in [9.17, 15) is 5.11 Å². The molecule has 124 valence electrons. The highest BCUT2D eigenvalue weighted by Gasteiger charge is 2.26. The summed E-state index contributed by atoms with van der Waals surface area (Å²) in [6, 6.07) is 10.1. The van der Waals surface area contributed by atoms with E-state index in [0.717, 1.165) is 44.5 Å². The first-order valence-corrected chi connectivity index (χ1v) is 8.64. The number of hydrogen-bond acceptors (Lipinski definition) is 3. The summed E-state index contributed by atoms with van der Waals surface area (Å²) in [7, 11) is 1.99. The molecule has 2 aromatic rings. The SMILES string of the molecule is CCc1nn(C)cc1CN1CCC(C(O)c2ccccc2)CC1. The van der Waals surface area contributed by atoms with Crippen molar-refractivity contribution in [3.8, 4) is 0 Å². The standard InChI is InChI=1S/C19H27N3O/c1-3-18-17(13-21(2)20-18)14-22-11-9-16(10-12-22)19(23)15-7-5-4-6-8-15/h4-8,13,16,19,23H,3,9-12,14H2,1-2H3. The molecule has 0 spiro atoms. The smallest absolute Gasteiger partial charge is 0.0819 e. The van der Waals surface area contributed by atoms with Crippen LogP contribution in [0.5, 0.6) is 0 Å². The Bertz CT molecular complexity index is 615. The van der Waals surface area contributed by atoms with Crippen molar-refractivity contribution in [1.82, 2.24) is 14.7 Å². The van der Waals surface area contributed by atoms with Crippen LogP contribution in [0.2, 0.25) is 0 Å². The molecule has 1 N–H and O–H groups in total. The van der Waals surface area contributed by atoms with Gasteiger partial charge in [-0.3, -0.25) is 9.58 Å². The highest BCUT2D eigenvalue weighted by atomic mass is 16.3. The molecule has 0 bridgehead atoms. The Morgan fingerprint density at radius 1 is 1.22 bits per heavy atom. The molecule has 1 aromatic carbocycles. The van der Waals surface area contributed by atoms with Gasteiger partial charge >= 0.3 is 0 Å². The van der Waals surface area contributed by atoms with Gasteiger partial charge < -0.3 is 5.11 Å². The fourth-order valence-corrected chi connectivity index (χ4v) is 3.60. The normalized spacial score (nSPS) is 18.2. The Balaban J connectivity index is 1.56. The van der Waals surface area contributed by atoms with E-state index in [0.29, 0.717) is 5.92 Å². The second-order valence-electron chi connectivity index (χ2n) is 6.60. The molecule has 3 rings (SSSR count). The molecular formula is C19H27N3O. The molecule has 1 fully saturated rings. The Morgan fingerprint density at radius 3 is 2.57 bits per heavy atom. The zero-order valence-corrected chi connectivity index (χ0v) is 14.2. The molecule has 1 aliphatic heterocycles. The maximum Gasteiger partial charge on any atom is 0.0819 e. The van der Waals surface area contributed by atoms with Gasteiger partial charge in [0.25, 0.3) is 0 Å². The first-order chi connectivity index (χ1) is 11.2. The lowest BCUT2D eigenvalue weighted by Gasteiger charge is -2.34. The third-order valence-electron chi connectivity index (χ3n) is 4.94. The molecule has 4 nitrogen and oxygen atoms in total. The van der Waals surface area contributed by atoms with Crippen LogP contribution in [0.3, 0.4) is 0 Å². The molecule has 1 saturated heterocycles. The second-order valence-corrected chi connectivity index (χ2v) is 6.60. The number of aromatic nitrogens is 2. The summed E-state index contributed by atoms with van der Waals surface area (Å²) in [4.78, 5) is 2.49. The minimum absolute atomic E-state index is 0.331. The lowest BCUT2D eigenvalue weighted by Crippen LogP contribution is -2.35. The minimum atomic E-state index is -0.331. The minimum Gasteiger partial charge on any atom is -0.388 e. The van der Waals surface area contributed by atoms with Crippen LogP contribution in [-0.4, -0.2) is 32.9 Å². The lowest BCUT2D eigenvalue weighted by molar-refractivity contribution is 0.0567. The number of benzene rings is 1. The summed E-state index contributed by atoms with van der Waals surface area (Å²) in [5.74, 6) is 0.369. The topological polar surface area (TPSA) is 41.3 Å². The van der Waals surface area contributed by atoms with Crippen LogP contribution in [0.1, 0.15) is 42.7 Å². The van der Waals surface area contributed by atoms with Gasteiger partial charge in [0.15, 0.2) is 0 Å². The van der Waals surface area contributed by atoms with Crippen molar-refractivity contribution in [2.45, 2.75) is 38.8 Å². The quantitative estimate of drug-likeness (QED) is 0.923. The van der Waals surface area contributed by atoms with Gasteiger partial charge in [0.1, 0.15) is 0 Å². The lowest BCUT2D eigenvalue weighted by atomic mass is 9.87. The Kier molecular flexibility index (Phi) is 5.13. The van der Waals surface area contributed by atoms with Crippen LogP contribution < -0.4 is 0 Å². The van der Waals surface area contributed by atoms with Crippen molar-refractivity contribution in [1.29, 1.82) is 0 Å². The fourth-order valence-electron chi connectivity index (χ4n) is 3.60. The number of aryl methyl sites for hydroxylation is 2. The molecule has 1 aromatic heterocycles. The van der Waals surface area contributed by atoms with Gasteiger partial charge in [0, 0.05) is 25.4 Å². The predicted octanol–water partition coefficient (Wildman–Crippen LogP) is 2.93. The van der Waals surface area contributed by atoms with Gasteiger partial charge in [0.05, 0.1) is 11.8 Å². The van der Waals surface area contributed by atoms with Crippen molar-refractivity contribution in [3.05, 3.63) is 53.3 Å². The van der Waals surface area contributed by atoms with Gasteiger partial charge in [-0.25, -0.2) is 0 Å². The van der Waals surface area contributed by atoms with Crippen LogP contribution in [0.15, 0.2) is 36.5 Å². The molecule has 1 unspecified atom stereocenters. The third-order valence-corrected chi connectivity index (χ3v) is 4.94. The van der Waals surface area contributed by atoms with Gasteiger partial charge in [0.2, 0.25) is 0 Å². The van der Waals surface area contributed by atoms with Crippen molar-refractivity contribution in [2.24, 2.45) is 13.0 Å². The number of aliphatic hydroxyl groups is 1. The maximum atomic E-state index is 10.6. The number of piperidine rings is 1. The Hall–Kier alpha value is -1.65. The van der Waals surface area contributed by atoms with E-state index in [-0.39, 0.29) is 6.10 Å². The predicted molar refractivity (Wildman–Crippen MR) is 92.0 cm³/mol. The van der Waals surface area contributed by atoms with E-state index in [4.69, 9.17) is 0 Å². The monoisotopic (exact) mass is 313 g/mol. The zero-order chi connectivity index (χ0) is 16.2. The van der Waals surface area contributed by atoms with Gasteiger partial charge in [-0.1, -0.05) is 37.3 Å². The van der Waals surface area contributed by atoms with Crippen molar-refractivity contribution >= 4 is 0 Å². The molecule has 1 atom stereocenters. The van der Waals surface area contributed by atoms with Gasteiger partial charge in [-0.15, -0.1) is 0 Å². The third kappa shape index (κ3) is 3.82. The van der Waals surface area contributed by atoms with Crippen LogP contribution in [0, 0.1) is 5.92 Å². The summed E-state index contributed by atoms with van der Waals surface area (Å²) < 4.78 is 1.92. The average Bonchev–Trinajstić information content (AvgIpc) is 2.95. The molecule has 0 aliphatic carbocycles. The number of rotatable bonds is 5. The first-order valence-electron chi connectivity index (χ1n) is 8.64. The Morgan fingerprint density at radius 2 is 1.91 bits per heavy atom. The molecule has 0 saturated carbocycles. The van der Waals surface area contributed by atoms with E-state index in [1.54, 1.807) is 0 Å². The van der Waals surface area contributed by atoms with E-state index in [1.807, 2.05) is 42.1 Å². The molecule has 2 heterocycles. The van der Waals surface area contributed by atoms with Gasteiger partial charge in [-0.2, -0.15) is 5.10 Å². The Labute approximate surface area is 138 Å². The van der Waals surface area contributed by atoms with E-state index in [2.05, 4.69) is 23.1 Å². The first kappa shape index (κ1) is 16.2. The molecule has 0 amide bonds. The number of hydrogen-bond donors (Lipinski definition) is 1. The number of nitrogens with zero attached hydrogens (tertiary/aromatic N) is 3. The van der Waals surface area contributed by atoms with E-state index in [1.165, 1.54) is 11.3 Å². The van der Waals surface area contributed by atoms with Crippen LogP contribution in [0.25, 0.3) is 0 Å². The second kappa shape index (κ2) is 7.28. The van der Waals surface area contributed by atoms with Crippen molar-refractivity contribution < 1.29 is 5.11 Å². The number of aliphatic hydroxyl groups excluding tert-OH is 1. The van der Waals surface area contributed by atoms with E-state index >= 15 is 0 Å². The molecular weight excluding hydrogens is 286 g/mol. The molecule has 23 heavy (non-hydrogen) atoms. The maximum absolute atomic E-state index is 10.6. The fraction of sp³-hybridized carbons (Fsp3) is 0.526. The van der Waals surface area contributed by atoms with Crippen LogP contribution >= 0.6 is 0 Å². The van der Waals surface area contributed by atoms with Crippen LogP contribution in [-0.2, 0) is 20.0 Å². The average molecular weight is 313 g/mol. The number of likely N-dealkylation sites (tertiary alicyclic amines) is 1. The van der Waals surface area contributed by atoms with Crippen LogP contribution in [0.4, 0.5) is 0 Å². The zero-order valence-electron chi connectivity index (χ0n) is 14.2. The highest BCUT2D eigenvalue weighted by Crippen LogP contribution is 2.31. The summed E-state index contributed by atoms with van der Waals surface area (Å²) in [5, 5.41) is 15.1. The largest absolute Gasteiger partial charge is 0.388 e. The summed E-state index contributed by atoms with van der Waals surface area (Å²) in [6.45, 7) is 5.23. The molecule has 4 heteroatoms. The summed E-state index contributed by atoms with van der Waals surface area (Å²) in [6.07, 6.45) is 4.90. The van der Waals surface area contributed by atoms with E-state index < -0.39 is 0 Å². The molecule has 1 aliphatic rings. The highest BCUT2D eigenvalue weighted by molar-refractivity contribution is 5.19. The van der Waals surface area contributed by atoms with Gasteiger partial charge in [-0.05, 0) is 43.8 Å².